The molecule has 0 aromatic rings. The third-order valence-corrected chi connectivity index (χ3v) is 3.83. The van der Waals surface area contributed by atoms with Gasteiger partial charge in [-0.05, 0) is 19.8 Å². The molecule has 20 heavy (non-hydrogen) atoms. The van der Waals surface area contributed by atoms with Crippen molar-refractivity contribution in [2.75, 3.05) is 26.4 Å². The van der Waals surface area contributed by atoms with Gasteiger partial charge in [-0.2, -0.15) is 0 Å². The molecule has 4 heteroatoms. The van der Waals surface area contributed by atoms with Crippen molar-refractivity contribution in [3.05, 3.63) is 12.2 Å². The largest absolute Gasteiger partial charge is 0.352 e. The van der Waals surface area contributed by atoms with Crippen LogP contribution in [-0.4, -0.2) is 39.0 Å². The number of unbranched alkanes of at least 4 members (excludes halogenated alkanes) is 2. The topological polar surface area (TPSA) is 36.9 Å². The molecule has 0 N–H and O–H groups in total. The van der Waals surface area contributed by atoms with Gasteiger partial charge in [0.25, 0.3) is 0 Å². The molecule has 0 unspecified atom stereocenters. The first-order valence-electron chi connectivity index (χ1n) is 7.92. The molecule has 0 spiro atoms. The fourth-order valence-corrected chi connectivity index (χ4v) is 2.63. The Morgan fingerprint density at radius 2 is 1.65 bits per heavy atom. The van der Waals surface area contributed by atoms with Gasteiger partial charge < -0.3 is 18.9 Å². The van der Waals surface area contributed by atoms with Crippen LogP contribution in [0, 0.1) is 11.8 Å². The molecule has 0 amide bonds. The Labute approximate surface area is 122 Å². The van der Waals surface area contributed by atoms with Crippen molar-refractivity contribution in [2.24, 2.45) is 11.8 Å². The van der Waals surface area contributed by atoms with Gasteiger partial charge >= 0.3 is 0 Å². The molecule has 2 rings (SSSR count). The highest BCUT2D eigenvalue weighted by Gasteiger charge is 2.32. The van der Waals surface area contributed by atoms with E-state index in [0.717, 1.165) is 19.6 Å². The van der Waals surface area contributed by atoms with E-state index in [2.05, 4.69) is 13.0 Å². The highest BCUT2D eigenvalue weighted by atomic mass is 16.7. The molecule has 0 radical (unpaired) electrons. The molecular formula is C16H28O4. The lowest BCUT2D eigenvalue weighted by Crippen LogP contribution is -2.44. The standard InChI is InChI=1S/C16H28O4/c1-3-5-6-8-15-17-11-14(12-18-15)16-19-9-13(7-4-2)10-20-16/h4,7,13-16H,3,5-6,8-12H2,1-2H3/b7-4+/t13-,14-,15-,16-. The highest BCUT2D eigenvalue weighted by molar-refractivity contribution is 4.87. The van der Waals surface area contributed by atoms with Gasteiger partial charge in [-0.1, -0.05) is 31.9 Å². The Morgan fingerprint density at radius 1 is 0.950 bits per heavy atom. The van der Waals surface area contributed by atoms with Crippen molar-refractivity contribution in [1.82, 2.24) is 0 Å². The maximum atomic E-state index is 5.78. The quantitative estimate of drug-likeness (QED) is 0.555. The van der Waals surface area contributed by atoms with Crippen LogP contribution in [0.1, 0.15) is 39.5 Å². The van der Waals surface area contributed by atoms with E-state index >= 15 is 0 Å². The summed E-state index contributed by atoms with van der Waals surface area (Å²) >= 11 is 0. The van der Waals surface area contributed by atoms with Crippen molar-refractivity contribution in [3.8, 4) is 0 Å². The Bertz CT molecular complexity index is 276. The van der Waals surface area contributed by atoms with Crippen LogP contribution in [0.4, 0.5) is 0 Å². The van der Waals surface area contributed by atoms with Gasteiger partial charge in [0.15, 0.2) is 12.6 Å². The molecule has 0 saturated carbocycles. The third-order valence-electron chi connectivity index (χ3n) is 3.83. The Balaban J connectivity index is 1.64. The molecule has 0 atom stereocenters. The van der Waals surface area contributed by atoms with Crippen LogP contribution in [-0.2, 0) is 18.9 Å². The van der Waals surface area contributed by atoms with E-state index in [1.165, 1.54) is 19.3 Å². The lowest BCUT2D eigenvalue weighted by molar-refractivity contribution is -0.278. The Kier molecular flexibility index (Phi) is 7.00. The number of ether oxygens (including phenoxy) is 4. The van der Waals surface area contributed by atoms with Gasteiger partial charge in [-0.3, -0.25) is 0 Å². The van der Waals surface area contributed by atoms with E-state index in [0.29, 0.717) is 19.1 Å². The van der Waals surface area contributed by atoms with Crippen molar-refractivity contribution < 1.29 is 18.9 Å². The van der Waals surface area contributed by atoms with Crippen molar-refractivity contribution in [3.63, 3.8) is 0 Å². The molecule has 4 nitrogen and oxygen atoms in total. The molecule has 0 aliphatic carbocycles. The Hall–Kier alpha value is -0.420. The Morgan fingerprint density at radius 3 is 2.25 bits per heavy atom. The smallest absolute Gasteiger partial charge is 0.164 e. The molecule has 2 aliphatic heterocycles. The first-order valence-corrected chi connectivity index (χ1v) is 7.92. The maximum Gasteiger partial charge on any atom is 0.164 e. The summed E-state index contributed by atoms with van der Waals surface area (Å²) in [5.41, 5.74) is 0. The maximum absolute atomic E-state index is 5.78. The van der Waals surface area contributed by atoms with Gasteiger partial charge in [0, 0.05) is 5.92 Å². The molecule has 2 aliphatic rings. The second kappa shape index (κ2) is 8.78. The molecule has 0 bridgehead atoms. The van der Waals surface area contributed by atoms with Crippen molar-refractivity contribution >= 4 is 0 Å². The van der Waals surface area contributed by atoms with E-state index in [9.17, 15) is 0 Å². The van der Waals surface area contributed by atoms with Crippen molar-refractivity contribution in [2.45, 2.75) is 52.1 Å². The fraction of sp³-hybridized carbons (Fsp3) is 0.875. The molecule has 2 heterocycles. The van der Waals surface area contributed by atoms with E-state index in [1.807, 2.05) is 13.0 Å². The van der Waals surface area contributed by atoms with Gasteiger partial charge in [0.1, 0.15) is 0 Å². The zero-order valence-electron chi connectivity index (χ0n) is 12.8. The molecule has 0 aromatic heterocycles. The molecule has 2 saturated heterocycles. The van der Waals surface area contributed by atoms with Gasteiger partial charge in [-0.25, -0.2) is 0 Å². The summed E-state index contributed by atoms with van der Waals surface area (Å²) in [6.45, 7) is 7.04. The highest BCUT2D eigenvalue weighted by Crippen LogP contribution is 2.24. The summed E-state index contributed by atoms with van der Waals surface area (Å²) in [5.74, 6) is 0.576. The molecule has 2 fully saturated rings. The predicted molar refractivity (Wildman–Crippen MR) is 77.3 cm³/mol. The second-order valence-electron chi connectivity index (χ2n) is 5.67. The van der Waals surface area contributed by atoms with E-state index < -0.39 is 0 Å². The summed E-state index contributed by atoms with van der Waals surface area (Å²) in [5, 5.41) is 0. The summed E-state index contributed by atoms with van der Waals surface area (Å²) < 4.78 is 23.1. The molecular weight excluding hydrogens is 256 g/mol. The van der Waals surface area contributed by atoms with Crippen LogP contribution in [0.25, 0.3) is 0 Å². The summed E-state index contributed by atoms with van der Waals surface area (Å²) in [4.78, 5) is 0. The van der Waals surface area contributed by atoms with Crippen LogP contribution in [0.15, 0.2) is 12.2 Å². The average Bonchev–Trinajstić information content (AvgIpc) is 2.49. The zero-order valence-corrected chi connectivity index (χ0v) is 12.8. The molecule has 0 aromatic carbocycles. The molecule has 116 valence electrons. The average molecular weight is 284 g/mol. The van der Waals surface area contributed by atoms with E-state index in [1.54, 1.807) is 0 Å². The van der Waals surface area contributed by atoms with Crippen LogP contribution < -0.4 is 0 Å². The lowest BCUT2D eigenvalue weighted by atomic mass is 10.1. The van der Waals surface area contributed by atoms with Gasteiger partial charge in [-0.15, -0.1) is 0 Å². The van der Waals surface area contributed by atoms with Crippen LogP contribution in [0.3, 0.4) is 0 Å². The minimum Gasteiger partial charge on any atom is -0.352 e. The predicted octanol–water partition coefficient (Wildman–Crippen LogP) is 3.12. The monoisotopic (exact) mass is 284 g/mol. The number of hydrogen-bond acceptors (Lipinski definition) is 4. The van der Waals surface area contributed by atoms with Gasteiger partial charge in [0.2, 0.25) is 0 Å². The minimum atomic E-state index is -0.173. The second-order valence-corrected chi connectivity index (χ2v) is 5.67. The summed E-state index contributed by atoms with van der Waals surface area (Å²) in [7, 11) is 0. The van der Waals surface area contributed by atoms with E-state index in [4.69, 9.17) is 18.9 Å². The van der Waals surface area contributed by atoms with Gasteiger partial charge in [0.05, 0.1) is 32.3 Å². The number of hydrogen-bond donors (Lipinski definition) is 0. The fourth-order valence-electron chi connectivity index (χ4n) is 2.63. The SMILES string of the molecule is C/C=C/[C@H]1CO[C@H]([C@H]2CO[C@H](CCCCC)OC2)OC1. The normalized spacial score (nSPS) is 35.5. The van der Waals surface area contributed by atoms with Crippen LogP contribution >= 0.6 is 0 Å². The number of rotatable bonds is 6. The minimum absolute atomic E-state index is 0.0304. The summed E-state index contributed by atoms with van der Waals surface area (Å²) in [6.07, 6.45) is 8.62. The zero-order chi connectivity index (χ0) is 14.2. The van der Waals surface area contributed by atoms with E-state index in [-0.39, 0.29) is 18.5 Å². The lowest BCUT2D eigenvalue weighted by Gasteiger charge is -2.37. The summed E-state index contributed by atoms with van der Waals surface area (Å²) in [6, 6.07) is 0. The third kappa shape index (κ3) is 4.85. The van der Waals surface area contributed by atoms with Crippen LogP contribution in [0.2, 0.25) is 0 Å². The van der Waals surface area contributed by atoms with Crippen molar-refractivity contribution in [1.29, 1.82) is 0 Å². The number of allylic oxidation sites excluding steroid dienone is 1. The first kappa shape index (κ1) is 16.0. The first-order chi connectivity index (χ1) is 9.83. The van der Waals surface area contributed by atoms with Crippen LogP contribution in [0.5, 0.6) is 0 Å².